The highest BCUT2D eigenvalue weighted by Crippen LogP contribution is 2.34. The number of unbranched alkanes of at least 4 members (excludes halogenated alkanes) is 3. The zero-order valence-electron chi connectivity index (χ0n) is 9.87. The third-order valence-corrected chi connectivity index (χ3v) is 3.28. The number of aliphatic carboxylic acids is 1. The molecule has 1 saturated carbocycles. The number of carbonyl (C=O) groups is 1. The van der Waals surface area contributed by atoms with Crippen LogP contribution in [0.1, 0.15) is 64.7 Å². The Kier molecular flexibility index (Phi) is 5.74. The molecule has 0 radical (unpaired) electrons. The van der Waals surface area contributed by atoms with Gasteiger partial charge in [0.2, 0.25) is 0 Å². The summed E-state index contributed by atoms with van der Waals surface area (Å²) in [4.78, 5) is 10.4. The van der Waals surface area contributed by atoms with Crippen molar-refractivity contribution < 1.29 is 9.90 Å². The van der Waals surface area contributed by atoms with Gasteiger partial charge in [0.15, 0.2) is 0 Å². The molecular weight excluding hydrogens is 188 g/mol. The third kappa shape index (κ3) is 7.40. The van der Waals surface area contributed by atoms with Crippen LogP contribution in [-0.2, 0) is 4.79 Å². The fourth-order valence-electron chi connectivity index (χ4n) is 2.09. The molecule has 0 amide bonds. The Hall–Kier alpha value is -0.530. The summed E-state index contributed by atoms with van der Waals surface area (Å²) >= 11 is 0. The van der Waals surface area contributed by atoms with Gasteiger partial charge in [-0.25, -0.2) is 0 Å². The largest absolute Gasteiger partial charge is 0.481 e. The molecule has 0 aromatic carbocycles. The Balaban J connectivity index is 1.80. The van der Waals surface area contributed by atoms with Crippen molar-refractivity contribution in [1.29, 1.82) is 0 Å². The molecule has 0 aliphatic heterocycles. The number of hydrogen-bond acceptors (Lipinski definition) is 1. The van der Waals surface area contributed by atoms with Gasteiger partial charge in [0.1, 0.15) is 0 Å². The monoisotopic (exact) mass is 212 g/mol. The van der Waals surface area contributed by atoms with Crippen molar-refractivity contribution in [3.8, 4) is 0 Å². The van der Waals surface area contributed by atoms with Crippen molar-refractivity contribution in [3.05, 3.63) is 0 Å². The summed E-state index contributed by atoms with van der Waals surface area (Å²) in [6.07, 6.45) is 11.0. The van der Waals surface area contributed by atoms with Gasteiger partial charge in [0.05, 0.1) is 0 Å². The molecule has 0 aromatic rings. The summed E-state index contributed by atoms with van der Waals surface area (Å²) in [7, 11) is 0. The zero-order valence-corrected chi connectivity index (χ0v) is 9.87. The summed E-state index contributed by atoms with van der Waals surface area (Å²) in [5.41, 5.74) is 0. The van der Waals surface area contributed by atoms with Gasteiger partial charge in [-0.05, 0) is 11.8 Å². The molecule has 0 heterocycles. The van der Waals surface area contributed by atoms with E-state index in [1.807, 2.05) is 6.92 Å². The molecule has 1 N–H and O–H groups in total. The second-order valence-corrected chi connectivity index (χ2v) is 5.14. The van der Waals surface area contributed by atoms with Crippen LogP contribution in [0, 0.1) is 11.8 Å². The molecule has 1 fully saturated rings. The van der Waals surface area contributed by atoms with Gasteiger partial charge in [-0.1, -0.05) is 58.3 Å². The average molecular weight is 212 g/mol. The second-order valence-electron chi connectivity index (χ2n) is 5.14. The van der Waals surface area contributed by atoms with Crippen LogP contribution in [0.15, 0.2) is 0 Å². The maximum absolute atomic E-state index is 10.4. The van der Waals surface area contributed by atoms with Crippen molar-refractivity contribution in [2.75, 3.05) is 0 Å². The van der Waals surface area contributed by atoms with Crippen LogP contribution < -0.4 is 0 Å². The first-order chi connectivity index (χ1) is 7.18. The molecule has 1 atom stereocenters. The van der Waals surface area contributed by atoms with Crippen LogP contribution >= 0.6 is 0 Å². The summed E-state index contributed by atoms with van der Waals surface area (Å²) in [6, 6.07) is 0. The smallest absolute Gasteiger partial charge is 0.303 e. The van der Waals surface area contributed by atoms with E-state index in [0.717, 1.165) is 12.3 Å². The first-order valence-corrected chi connectivity index (χ1v) is 6.40. The standard InChI is InChI=1S/C13H24O2/c1-11(10-13(14)15)6-4-2-3-5-7-12-8-9-12/h11-12H,2-10H2,1H3,(H,14,15). The molecule has 0 aromatic heterocycles. The van der Waals surface area contributed by atoms with Crippen molar-refractivity contribution >= 4 is 5.97 Å². The molecule has 1 aliphatic rings. The van der Waals surface area contributed by atoms with Crippen LogP contribution in [0.2, 0.25) is 0 Å². The van der Waals surface area contributed by atoms with Crippen LogP contribution in [0.3, 0.4) is 0 Å². The van der Waals surface area contributed by atoms with Crippen LogP contribution in [0.4, 0.5) is 0 Å². The van der Waals surface area contributed by atoms with Crippen LogP contribution in [0.5, 0.6) is 0 Å². The lowest BCUT2D eigenvalue weighted by Gasteiger charge is -2.07. The SMILES string of the molecule is CC(CCCCCCC1CC1)CC(=O)O. The zero-order chi connectivity index (χ0) is 11.1. The number of hydrogen-bond donors (Lipinski definition) is 1. The maximum atomic E-state index is 10.4. The Labute approximate surface area is 93.1 Å². The van der Waals surface area contributed by atoms with Gasteiger partial charge in [-0.2, -0.15) is 0 Å². The molecule has 2 heteroatoms. The van der Waals surface area contributed by atoms with E-state index >= 15 is 0 Å². The van der Waals surface area contributed by atoms with E-state index in [1.165, 1.54) is 44.9 Å². The second kappa shape index (κ2) is 6.86. The number of carboxylic acid groups (broad SMARTS) is 1. The van der Waals surface area contributed by atoms with E-state index in [9.17, 15) is 4.79 Å². The van der Waals surface area contributed by atoms with Gasteiger partial charge < -0.3 is 5.11 Å². The first kappa shape index (κ1) is 12.5. The minimum atomic E-state index is -0.656. The summed E-state index contributed by atoms with van der Waals surface area (Å²) in [5, 5.41) is 8.59. The average Bonchev–Trinajstić information content (AvgIpc) is 2.93. The minimum absolute atomic E-state index is 0.335. The summed E-state index contributed by atoms with van der Waals surface area (Å²) in [5.74, 6) is 0.762. The molecule has 0 spiro atoms. The van der Waals surface area contributed by atoms with Crippen molar-refractivity contribution in [2.24, 2.45) is 11.8 Å². The third-order valence-electron chi connectivity index (χ3n) is 3.28. The topological polar surface area (TPSA) is 37.3 Å². The lowest BCUT2D eigenvalue weighted by molar-refractivity contribution is -0.138. The minimum Gasteiger partial charge on any atom is -0.481 e. The van der Waals surface area contributed by atoms with E-state index in [4.69, 9.17) is 5.11 Å². The lowest BCUT2D eigenvalue weighted by Crippen LogP contribution is -2.03. The van der Waals surface area contributed by atoms with E-state index in [-0.39, 0.29) is 0 Å². The molecule has 1 unspecified atom stereocenters. The van der Waals surface area contributed by atoms with Crippen LogP contribution in [0.25, 0.3) is 0 Å². The molecule has 2 nitrogen and oxygen atoms in total. The maximum Gasteiger partial charge on any atom is 0.303 e. The van der Waals surface area contributed by atoms with Gasteiger partial charge in [0.25, 0.3) is 0 Å². The molecule has 0 bridgehead atoms. The Morgan fingerprint density at radius 2 is 1.93 bits per heavy atom. The number of rotatable bonds is 9. The Morgan fingerprint density at radius 1 is 1.27 bits per heavy atom. The molecule has 1 rings (SSSR count). The highest BCUT2D eigenvalue weighted by Gasteiger charge is 2.19. The lowest BCUT2D eigenvalue weighted by atomic mass is 9.99. The molecule has 88 valence electrons. The molecule has 1 aliphatic carbocycles. The highest BCUT2D eigenvalue weighted by atomic mass is 16.4. The molecular formula is C13H24O2. The number of carboxylic acids is 1. The molecule has 15 heavy (non-hydrogen) atoms. The summed E-state index contributed by atoms with van der Waals surface area (Å²) < 4.78 is 0. The fourth-order valence-corrected chi connectivity index (χ4v) is 2.09. The van der Waals surface area contributed by atoms with Crippen molar-refractivity contribution in [2.45, 2.75) is 64.7 Å². The van der Waals surface area contributed by atoms with E-state index < -0.39 is 5.97 Å². The van der Waals surface area contributed by atoms with Crippen molar-refractivity contribution in [3.63, 3.8) is 0 Å². The summed E-state index contributed by atoms with van der Waals surface area (Å²) in [6.45, 7) is 2.04. The highest BCUT2D eigenvalue weighted by molar-refractivity contribution is 5.66. The Morgan fingerprint density at radius 3 is 2.53 bits per heavy atom. The van der Waals surface area contributed by atoms with E-state index in [0.29, 0.717) is 12.3 Å². The Bertz CT molecular complexity index is 185. The normalized spacial score (nSPS) is 17.7. The van der Waals surface area contributed by atoms with Gasteiger partial charge >= 0.3 is 5.97 Å². The first-order valence-electron chi connectivity index (χ1n) is 6.40. The fraction of sp³-hybridized carbons (Fsp3) is 0.923. The van der Waals surface area contributed by atoms with Gasteiger partial charge in [-0.15, -0.1) is 0 Å². The predicted octanol–water partition coefficient (Wildman–Crippen LogP) is 3.85. The van der Waals surface area contributed by atoms with Crippen LogP contribution in [-0.4, -0.2) is 11.1 Å². The quantitative estimate of drug-likeness (QED) is 0.589. The molecule has 0 saturated heterocycles. The van der Waals surface area contributed by atoms with Crippen molar-refractivity contribution in [1.82, 2.24) is 0 Å². The van der Waals surface area contributed by atoms with E-state index in [1.54, 1.807) is 0 Å². The predicted molar refractivity (Wildman–Crippen MR) is 61.8 cm³/mol. The van der Waals surface area contributed by atoms with E-state index in [2.05, 4.69) is 0 Å². The van der Waals surface area contributed by atoms with Gasteiger partial charge in [0, 0.05) is 6.42 Å². The van der Waals surface area contributed by atoms with Gasteiger partial charge in [-0.3, -0.25) is 4.79 Å².